The molecule has 1 saturated heterocycles. The summed E-state index contributed by atoms with van der Waals surface area (Å²) < 4.78 is 5.30. The molecule has 2 atom stereocenters. The van der Waals surface area contributed by atoms with Crippen molar-refractivity contribution in [3.8, 4) is 0 Å². The average molecular weight is 364 g/mol. The average Bonchev–Trinajstić information content (AvgIpc) is 2.96. The maximum atomic E-state index is 12.2. The van der Waals surface area contributed by atoms with Gasteiger partial charge in [-0.2, -0.15) is 0 Å². The molecular weight excluding hydrogens is 332 g/mol. The minimum Gasteiger partial charge on any atom is -0.465 e. The van der Waals surface area contributed by atoms with E-state index in [1.165, 1.54) is 32.1 Å². The van der Waals surface area contributed by atoms with Crippen molar-refractivity contribution in [2.24, 2.45) is 35.5 Å². The molecule has 2 amide bonds. The lowest BCUT2D eigenvalue weighted by Crippen LogP contribution is -2.58. The van der Waals surface area contributed by atoms with E-state index in [0.717, 1.165) is 11.8 Å². The zero-order valence-electron chi connectivity index (χ0n) is 15.9. The van der Waals surface area contributed by atoms with Crippen LogP contribution < -0.4 is 5.32 Å². The first-order valence-electron chi connectivity index (χ1n) is 10.3. The Morgan fingerprint density at radius 2 is 1.73 bits per heavy atom. The summed E-state index contributed by atoms with van der Waals surface area (Å²) >= 11 is 0. The fourth-order valence-corrected chi connectivity index (χ4v) is 6.63. The molecule has 4 aliphatic carbocycles. The first-order chi connectivity index (χ1) is 12.4. The summed E-state index contributed by atoms with van der Waals surface area (Å²) in [6.45, 7) is 4.92. The second kappa shape index (κ2) is 6.93. The molecule has 4 saturated carbocycles. The SMILES string of the molecule is CC(C)COC(=O)NC1CCN(C(=O)O)C1C1C2CC3CC(C2)CC1C3. The Morgan fingerprint density at radius 3 is 2.27 bits per heavy atom. The number of carboxylic acid groups (broad SMARTS) is 1. The summed E-state index contributed by atoms with van der Waals surface area (Å²) in [5.41, 5.74) is 0. The first-order valence-corrected chi connectivity index (χ1v) is 10.3. The Balaban J connectivity index is 1.50. The lowest BCUT2D eigenvalue weighted by atomic mass is 9.50. The number of hydrogen-bond donors (Lipinski definition) is 2. The van der Waals surface area contributed by atoms with E-state index in [-0.39, 0.29) is 12.1 Å². The van der Waals surface area contributed by atoms with Gasteiger partial charge in [0.25, 0.3) is 0 Å². The van der Waals surface area contributed by atoms with Crippen molar-refractivity contribution in [1.29, 1.82) is 0 Å². The van der Waals surface area contributed by atoms with Crippen molar-refractivity contribution in [3.05, 3.63) is 0 Å². The van der Waals surface area contributed by atoms with Gasteiger partial charge >= 0.3 is 12.2 Å². The van der Waals surface area contributed by atoms with E-state index >= 15 is 0 Å². The summed E-state index contributed by atoms with van der Waals surface area (Å²) in [5, 5.41) is 12.8. The van der Waals surface area contributed by atoms with E-state index in [1.807, 2.05) is 13.8 Å². The standard InChI is InChI=1S/C20H32N2O4/c1-11(2)10-26-19(23)21-16-3-4-22(20(24)25)18(16)17-14-6-12-5-13(8-14)9-15(17)7-12/h11-18H,3-10H2,1-2H3,(H,21,23)(H,24,25). The van der Waals surface area contributed by atoms with Crippen LogP contribution in [-0.4, -0.2) is 47.4 Å². The fraction of sp³-hybridized carbons (Fsp3) is 0.900. The smallest absolute Gasteiger partial charge is 0.407 e. The van der Waals surface area contributed by atoms with Crippen LogP contribution in [0.3, 0.4) is 0 Å². The zero-order valence-corrected chi connectivity index (χ0v) is 15.9. The number of nitrogens with zero attached hydrogens (tertiary/aromatic N) is 1. The molecule has 1 heterocycles. The summed E-state index contributed by atoms with van der Waals surface area (Å²) in [7, 11) is 0. The van der Waals surface area contributed by atoms with Crippen LogP contribution in [0.5, 0.6) is 0 Å². The Hall–Kier alpha value is -1.46. The predicted molar refractivity (Wildman–Crippen MR) is 96.8 cm³/mol. The third kappa shape index (κ3) is 3.27. The topological polar surface area (TPSA) is 78.9 Å². The van der Waals surface area contributed by atoms with Gasteiger partial charge in [-0.05, 0) is 74.0 Å². The van der Waals surface area contributed by atoms with Crippen LogP contribution in [0.4, 0.5) is 9.59 Å². The first kappa shape index (κ1) is 17.9. The van der Waals surface area contributed by atoms with Gasteiger partial charge in [-0.1, -0.05) is 13.8 Å². The molecule has 0 aromatic carbocycles. The molecule has 4 bridgehead atoms. The Morgan fingerprint density at radius 1 is 1.12 bits per heavy atom. The van der Waals surface area contributed by atoms with Gasteiger partial charge in [0.2, 0.25) is 0 Å². The summed E-state index contributed by atoms with van der Waals surface area (Å²) in [6.07, 6.45) is 5.86. The molecule has 1 aliphatic heterocycles. The molecule has 0 radical (unpaired) electrons. The van der Waals surface area contributed by atoms with Gasteiger partial charge in [0.1, 0.15) is 0 Å². The second-order valence-corrected chi connectivity index (χ2v) is 9.51. The second-order valence-electron chi connectivity index (χ2n) is 9.51. The van der Waals surface area contributed by atoms with Gasteiger partial charge in [0, 0.05) is 6.54 Å². The third-order valence-corrected chi connectivity index (χ3v) is 7.24. The largest absolute Gasteiger partial charge is 0.465 e. The number of carbonyl (C=O) groups is 2. The fourth-order valence-electron chi connectivity index (χ4n) is 6.63. The van der Waals surface area contributed by atoms with E-state index < -0.39 is 12.2 Å². The molecule has 0 aromatic heterocycles. The number of alkyl carbamates (subject to hydrolysis) is 1. The van der Waals surface area contributed by atoms with E-state index in [0.29, 0.717) is 43.2 Å². The van der Waals surface area contributed by atoms with Gasteiger partial charge in [0.05, 0.1) is 18.7 Å². The molecule has 5 aliphatic rings. The van der Waals surface area contributed by atoms with Gasteiger partial charge in [0.15, 0.2) is 0 Å². The maximum absolute atomic E-state index is 12.2. The third-order valence-electron chi connectivity index (χ3n) is 7.24. The van der Waals surface area contributed by atoms with E-state index in [1.54, 1.807) is 4.90 Å². The Bertz CT molecular complexity index is 536. The van der Waals surface area contributed by atoms with Crippen LogP contribution in [0.1, 0.15) is 52.4 Å². The van der Waals surface area contributed by atoms with E-state index in [2.05, 4.69) is 5.32 Å². The monoisotopic (exact) mass is 364 g/mol. The zero-order chi connectivity index (χ0) is 18.4. The van der Waals surface area contributed by atoms with Gasteiger partial charge in [-0.3, -0.25) is 0 Å². The van der Waals surface area contributed by atoms with Crippen molar-refractivity contribution in [1.82, 2.24) is 10.2 Å². The minimum absolute atomic E-state index is 0.0888. The van der Waals surface area contributed by atoms with Crippen LogP contribution in [0.15, 0.2) is 0 Å². The number of likely N-dealkylation sites (tertiary alicyclic amines) is 1. The molecule has 6 nitrogen and oxygen atoms in total. The van der Waals surface area contributed by atoms with Crippen molar-refractivity contribution >= 4 is 12.2 Å². The lowest BCUT2D eigenvalue weighted by molar-refractivity contribution is -0.0675. The molecular formula is C20H32N2O4. The Kier molecular flexibility index (Phi) is 4.78. The van der Waals surface area contributed by atoms with Gasteiger partial charge in [-0.15, -0.1) is 0 Å². The molecule has 2 N–H and O–H groups in total. The van der Waals surface area contributed by atoms with Gasteiger partial charge in [-0.25, -0.2) is 9.59 Å². The van der Waals surface area contributed by atoms with E-state index in [9.17, 15) is 14.7 Å². The quantitative estimate of drug-likeness (QED) is 0.799. The van der Waals surface area contributed by atoms with Crippen LogP contribution >= 0.6 is 0 Å². The highest BCUT2D eigenvalue weighted by Gasteiger charge is 2.55. The molecule has 26 heavy (non-hydrogen) atoms. The number of amides is 2. The van der Waals surface area contributed by atoms with Gasteiger partial charge < -0.3 is 20.1 Å². The maximum Gasteiger partial charge on any atom is 0.407 e. The normalized spacial score (nSPS) is 40.9. The molecule has 2 unspecified atom stereocenters. The Labute approximate surface area is 155 Å². The van der Waals surface area contributed by atoms with Crippen LogP contribution in [0.25, 0.3) is 0 Å². The van der Waals surface area contributed by atoms with Crippen molar-refractivity contribution in [2.75, 3.05) is 13.2 Å². The van der Waals surface area contributed by atoms with Crippen LogP contribution in [0.2, 0.25) is 0 Å². The highest BCUT2D eigenvalue weighted by molar-refractivity contribution is 5.69. The minimum atomic E-state index is -0.844. The predicted octanol–water partition coefficient (Wildman–Crippen LogP) is 3.56. The molecule has 6 heteroatoms. The van der Waals surface area contributed by atoms with Crippen molar-refractivity contribution in [2.45, 2.75) is 64.5 Å². The number of ether oxygens (including phenoxy) is 1. The number of carbonyl (C=O) groups excluding carboxylic acids is 1. The lowest BCUT2D eigenvalue weighted by Gasteiger charge is -2.57. The van der Waals surface area contributed by atoms with Crippen molar-refractivity contribution < 1.29 is 19.4 Å². The number of nitrogens with one attached hydrogen (secondary N) is 1. The molecule has 0 spiro atoms. The summed E-state index contributed by atoms with van der Waals surface area (Å²) in [4.78, 5) is 25.7. The van der Waals surface area contributed by atoms with Crippen LogP contribution in [0, 0.1) is 35.5 Å². The van der Waals surface area contributed by atoms with E-state index in [4.69, 9.17) is 4.74 Å². The van der Waals surface area contributed by atoms with Crippen LogP contribution in [-0.2, 0) is 4.74 Å². The highest BCUT2D eigenvalue weighted by Crippen LogP contribution is 2.58. The summed E-state index contributed by atoms with van der Waals surface area (Å²) in [5.74, 6) is 3.67. The molecule has 5 rings (SSSR count). The molecule has 5 fully saturated rings. The number of hydrogen-bond acceptors (Lipinski definition) is 3. The summed E-state index contributed by atoms with van der Waals surface area (Å²) in [6, 6.07) is -0.206. The van der Waals surface area contributed by atoms with Crippen molar-refractivity contribution in [3.63, 3.8) is 0 Å². The molecule has 146 valence electrons. The highest BCUT2D eigenvalue weighted by atomic mass is 16.5. The molecule has 0 aromatic rings. The number of rotatable bonds is 4.